The number of nitrogens with two attached hydrogens (primary N) is 1. The Hall–Kier alpha value is -0.330. The summed E-state index contributed by atoms with van der Waals surface area (Å²) in [6, 6.07) is -0.609. The van der Waals surface area contributed by atoms with Gasteiger partial charge in [-0.25, -0.2) is 8.42 Å². The molecule has 1 rings (SSSR count). The van der Waals surface area contributed by atoms with Gasteiger partial charge in [0, 0.05) is 6.04 Å². The van der Waals surface area contributed by atoms with E-state index in [0.717, 1.165) is 0 Å². The third-order valence-corrected chi connectivity index (χ3v) is 3.66. The zero-order chi connectivity index (χ0) is 9.35. The molecule has 0 aromatic carbocycles. The van der Waals surface area contributed by atoms with Crippen LogP contribution in [-0.4, -0.2) is 39.0 Å². The summed E-state index contributed by atoms with van der Waals surface area (Å²) in [7, 11) is -1.90. The predicted molar refractivity (Wildman–Crippen MR) is 49.4 cm³/mol. The van der Waals surface area contributed by atoms with E-state index in [1.54, 1.807) is 0 Å². The summed E-state index contributed by atoms with van der Waals surface area (Å²) >= 11 is 0. The monoisotopic (exact) mass is 229 g/mol. The number of carbonyl (C=O) groups excluding carboxylic acids is 1. The number of sulfone groups is 1. The minimum absolute atomic E-state index is 0. The summed E-state index contributed by atoms with van der Waals surface area (Å²) in [5.74, 6) is -1.52. The van der Waals surface area contributed by atoms with Gasteiger partial charge in [-0.3, -0.25) is 4.79 Å². The standard InChI is InChI=1S/C6H11NO4S.ClH/c1-11-6(8)4-2-12(9,10)3-5(4)7;/h4-5H,2-3,7H2,1H3;1H. The molecule has 0 saturated carbocycles. The molecule has 1 fully saturated rings. The third-order valence-electron chi connectivity index (χ3n) is 1.90. The average Bonchev–Trinajstić information content (AvgIpc) is 2.23. The summed E-state index contributed by atoms with van der Waals surface area (Å²) in [5.41, 5.74) is 5.45. The molecule has 2 N–H and O–H groups in total. The van der Waals surface area contributed by atoms with Crippen LogP contribution >= 0.6 is 12.4 Å². The lowest BCUT2D eigenvalue weighted by Crippen LogP contribution is -2.34. The van der Waals surface area contributed by atoms with E-state index in [-0.39, 0.29) is 23.9 Å². The fraction of sp³-hybridized carbons (Fsp3) is 0.833. The maximum atomic E-state index is 11.0. The van der Waals surface area contributed by atoms with Crippen molar-refractivity contribution in [2.75, 3.05) is 18.6 Å². The molecule has 1 aliphatic heterocycles. The lowest BCUT2D eigenvalue weighted by molar-refractivity contribution is -0.144. The van der Waals surface area contributed by atoms with E-state index >= 15 is 0 Å². The van der Waals surface area contributed by atoms with Crippen molar-refractivity contribution in [3.8, 4) is 0 Å². The van der Waals surface area contributed by atoms with Gasteiger partial charge < -0.3 is 10.5 Å². The number of esters is 1. The molecule has 0 amide bonds. The Kier molecular flexibility index (Phi) is 4.15. The molecule has 0 aliphatic carbocycles. The molecular formula is C6H12ClNO4S. The summed E-state index contributed by atoms with van der Waals surface area (Å²) in [6.45, 7) is 0. The van der Waals surface area contributed by atoms with Gasteiger partial charge in [-0.05, 0) is 0 Å². The largest absolute Gasteiger partial charge is 0.469 e. The van der Waals surface area contributed by atoms with Crippen LogP contribution in [0.5, 0.6) is 0 Å². The maximum Gasteiger partial charge on any atom is 0.311 e. The lowest BCUT2D eigenvalue weighted by atomic mass is 10.1. The summed E-state index contributed by atoms with van der Waals surface area (Å²) in [4.78, 5) is 10.9. The van der Waals surface area contributed by atoms with Gasteiger partial charge in [-0.2, -0.15) is 0 Å². The van der Waals surface area contributed by atoms with Gasteiger partial charge in [-0.15, -0.1) is 12.4 Å². The Balaban J connectivity index is 0.00000144. The van der Waals surface area contributed by atoms with Crippen LogP contribution in [0.1, 0.15) is 0 Å². The van der Waals surface area contributed by atoms with Crippen LogP contribution in [0.4, 0.5) is 0 Å². The van der Waals surface area contributed by atoms with E-state index in [0.29, 0.717) is 0 Å². The van der Waals surface area contributed by atoms with E-state index < -0.39 is 27.8 Å². The molecule has 78 valence electrons. The lowest BCUT2D eigenvalue weighted by Gasteiger charge is -2.09. The molecule has 0 aromatic heterocycles. The number of halogens is 1. The number of methoxy groups -OCH3 is 1. The summed E-state index contributed by atoms with van der Waals surface area (Å²) in [5, 5.41) is 0. The maximum absolute atomic E-state index is 11.0. The molecule has 2 unspecified atom stereocenters. The number of hydrogen-bond acceptors (Lipinski definition) is 5. The van der Waals surface area contributed by atoms with Crippen LogP contribution in [0.2, 0.25) is 0 Å². The second-order valence-corrected chi connectivity index (χ2v) is 5.02. The highest BCUT2D eigenvalue weighted by Gasteiger charge is 2.40. The van der Waals surface area contributed by atoms with Gasteiger partial charge in [0.05, 0.1) is 24.5 Å². The minimum atomic E-state index is -3.13. The molecule has 0 spiro atoms. The van der Waals surface area contributed by atoms with Crippen LogP contribution in [0.15, 0.2) is 0 Å². The van der Waals surface area contributed by atoms with E-state index in [4.69, 9.17) is 5.73 Å². The van der Waals surface area contributed by atoms with Crippen molar-refractivity contribution in [3.63, 3.8) is 0 Å². The normalized spacial score (nSPS) is 30.6. The van der Waals surface area contributed by atoms with Gasteiger partial charge in [-0.1, -0.05) is 0 Å². The predicted octanol–water partition coefficient (Wildman–Crippen LogP) is -1.05. The topological polar surface area (TPSA) is 86.5 Å². The van der Waals surface area contributed by atoms with E-state index in [1.165, 1.54) is 7.11 Å². The van der Waals surface area contributed by atoms with Crippen LogP contribution < -0.4 is 5.73 Å². The van der Waals surface area contributed by atoms with Crippen molar-refractivity contribution in [3.05, 3.63) is 0 Å². The van der Waals surface area contributed by atoms with Crippen LogP contribution in [0, 0.1) is 5.92 Å². The molecule has 13 heavy (non-hydrogen) atoms. The molecule has 1 saturated heterocycles. The van der Waals surface area contributed by atoms with Crippen molar-refractivity contribution in [2.45, 2.75) is 6.04 Å². The Morgan fingerprint density at radius 1 is 1.46 bits per heavy atom. The smallest absolute Gasteiger partial charge is 0.311 e. The molecular weight excluding hydrogens is 218 g/mol. The minimum Gasteiger partial charge on any atom is -0.469 e. The van der Waals surface area contributed by atoms with E-state index in [9.17, 15) is 13.2 Å². The second kappa shape index (κ2) is 4.26. The van der Waals surface area contributed by atoms with Crippen molar-refractivity contribution in [2.24, 2.45) is 11.7 Å². The van der Waals surface area contributed by atoms with Crippen molar-refractivity contribution >= 4 is 28.2 Å². The first kappa shape index (κ1) is 12.7. The molecule has 0 radical (unpaired) electrons. The molecule has 1 heterocycles. The first-order chi connectivity index (χ1) is 5.46. The van der Waals surface area contributed by atoms with Gasteiger partial charge >= 0.3 is 5.97 Å². The molecule has 2 atom stereocenters. The third kappa shape index (κ3) is 2.82. The fourth-order valence-electron chi connectivity index (χ4n) is 1.27. The highest BCUT2D eigenvalue weighted by Crippen LogP contribution is 2.18. The summed E-state index contributed by atoms with van der Waals surface area (Å²) < 4.78 is 26.4. The fourth-order valence-corrected chi connectivity index (χ4v) is 3.15. The van der Waals surface area contributed by atoms with Gasteiger partial charge in [0.15, 0.2) is 9.84 Å². The zero-order valence-corrected chi connectivity index (χ0v) is 8.73. The van der Waals surface area contributed by atoms with Crippen molar-refractivity contribution in [1.29, 1.82) is 0 Å². The number of ether oxygens (including phenoxy) is 1. The van der Waals surface area contributed by atoms with E-state index in [2.05, 4.69) is 4.74 Å². The Morgan fingerprint density at radius 3 is 2.31 bits per heavy atom. The molecule has 7 heteroatoms. The van der Waals surface area contributed by atoms with Crippen molar-refractivity contribution in [1.82, 2.24) is 0 Å². The molecule has 1 aliphatic rings. The SMILES string of the molecule is COC(=O)C1CS(=O)(=O)CC1N.Cl. The van der Waals surface area contributed by atoms with E-state index in [1.807, 2.05) is 0 Å². The first-order valence-electron chi connectivity index (χ1n) is 3.50. The van der Waals surface area contributed by atoms with Gasteiger partial charge in [0.25, 0.3) is 0 Å². The second-order valence-electron chi connectivity index (χ2n) is 2.87. The Morgan fingerprint density at radius 2 is 2.00 bits per heavy atom. The quantitative estimate of drug-likeness (QED) is 0.580. The van der Waals surface area contributed by atoms with Gasteiger partial charge in [0.2, 0.25) is 0 Å². The zero-order valence-electron chi connectivity index (χ0n) is 7.10. The first-order valence-corrected chi connectivity index (χ1v) is 5.32. The highest BCUT2D eigenvalue weighted by atomic mass is 35.5. The van der Waals surface area contributed by atoms with Crippen LogP contribution in [0.25, 0.3) is 0 Å². The summed E-state index contributed by atoms with van der Waals surface area (Å²) in [6.07, 6.45) is 0. The number of hydrogen-bond donors (Lipinski definition) is 1. The molecule has 5 nitrogen and oxygen atoms in total. The number of rotatable bonds is 1. The number of carbonyl (C=O) groups is 1. The van der Waals surface area contributed by atoms with Gasteiger partial charge in [0.1, 0.15) is 0 Å². The average molecular weight is 230 g/mol. The molecule has 0 aromatic rings. The van der Waals surface area contributed by atoms with Crippen LogP contribution in [0.3, 0.4) is 0 Å². The highest BCUT2D eigenvalue weighted by molar-refractivity contribution is 7.91. The van der Waals surface area contributed by atoms with Crippen LogP contribution in [-0.2, 0) is 19.4 Å². The van der Waals surface area contributed by atoms with Crippen molar-refractivity contribution < 1.29 is 17.9 Å². The molecule has 0 bridgehead atoms. The Labute approximate surface area is 83.0 Å². The Bertz CT molecular complexity index is 289.